The first kappa shape index (κ1) is 20.3. The minimum Gasteiger partial charge on any atom is -0.488 e. The summed E-state index contributed by atoms with van der Waals surface area (Å²) in [5.74, 6) is 1.98. The summed E-state index contributed by atoms with van der Waals surface area (Å²) in [6.07, 6.45) is 2.27. The molecule has 0 bridgehead atoms. The summed E-state index contributed by atoms with van der Waals surface area (Å²) in [5.41, 5.74) is 6.94. The van der Waals surface area contributed by atoms with Crippen LogP contribution in [0.4, 0.5) is 0 Å². The lowest BCUT2D eigenvalue weighted by Crippen LogP contribution is -2.35. The number of rotatable bonds is 5. The third-order valence-electron chi connectivity index (χ3n) is 6.22. The fourth-order valence-electron chi connectivity index (χ4n) is 4.48. The molecule has 4 heteroatoms. The lowest BCUT2D eigenvalue weighted by Gasteiger charge is -2.29. The van der Waals surface area contributed by atoms with Crippen LogP contribution in [0.3, 0.4) is 0 Å². The Bertz CT molecular complexity index is 1010. The standard InChI is InChI=1S/C25H30ClNO2/c1-16-17(2)25-23(18(3)24(16)28-15-20-9-6-5-7-10-20)22(19(4)29-25)14-27-12-8-11-21(26)13-27/h5-7,9-10,21H,8,11-15H2,1-4H3/t21-/m1/s1. The van der Waals surface area contributed by atoms with Gasteiger partial charge in [-0.05, 0) is 63.8 Å². The summed E-state index contributed by atoms with van der Waals surface area (Å²) in [6, 6.07) is 10.3. The van der Waals surface area contributed by atoms with Crippen molar-refractivity contribution in [1.82, 2.24) is 4.90 Å². The molecule has 2 aromatic carbocycles. The van der Waals surface area contributed by atoms with Gasteiger partial charge in [-0.15, -0.1) is 11.6 Å². The molecule has 154 valence electrons. The van der Waals surface area contributed by atoms with Gasteiger partial charge in [-0.2, -0.15) is 0 Å². The van der Waals surface area contributed by atoms with Gasteiger partial charge in [-0.1, -0.05) is 30.3 Å². The number of aryl methyl sites for hydroxylation is 3. The van der Waals surface area contributed by atoms with Crippen molar-refractivity contribution in [3.63, 3.8) is 0 Å². The zero-order valence-electron chi connectivity index (χ0n) is 17.8. The smallest absolute Gasteiger partial charge is 0.138 e. The van der Waals surface area contributed by atoms with Crippen LogP contribution in [0.2, 0.25) is 0 Å². The molecule has 1 aromatic heterocycles. The van der Waals surface area contributed by atoms with Gasteiger partial charge < -0.3 is 9.15 Å². The largest absolute Gasteiger partial charge is 0.488 e. The van der Waals surface area contributed by atoms with Crippen molar-refractivity contribution >= 4 is 22.6 Å². The van der Waals surface area contributed by atoms with E-state index in [-0.39, 0.29) is 5.38 Å². The second kappa shape index (κ2) is 8.41. The maximum atomic E-state index is 6.43. The first-order valence-electron chi connectivity index (χ1n) is 10.5. The molecule has 3 nitrogen and oxygen atoms in total. The molecule has 0 radical (unpaired) electrons. The van der Waals surface area contributed by atoms with E-state index in [0.717, 1.165) is 60.7 Å². The van der Waals surface area contributed by atoms with Crippen molar-refractivity contribution in [3.8, 4) is 5.75 Å². The quantitative estimate of drug-likeness (QED) is 0.451. The van der Waals surface area contributed by atoms with Crippen LogP contribution in [-0.4, -0.2) is 23.4 Å². The van der Waals surface area contributed by atoms with Gasteiger partial charge >= 0.3 is 0 Å². The van der Waals surface area contributed by atoms with Crippen molar-refractivity contribution in [3.05, 3.63) is 63.9 Å². The molecule has 0 saturated carbocycles. The Morgan fingerprint density at radius 1 is 1.07 bits per heavy atom. The molecule has 0 spiro atoms. The Labute approximate surface area is 178 Å². The predicted octanol–water partition coefficient (Wildman–Crippen LogP) is 6.45. The number of ether oxygens (including phenoxy) is 1. The zero-order valence-corrected chi connectivity index (χ0v) is 18.6. The highest BCUT2D eigenvalue weighted by molar-refractivity contribution is 6.20. The van der Waals surface area contributed by atoms with Gasteiger partial charge in [0.05, 0.1) is 0 Å². The third kappa shape index (κ3) is 4.04. The molecular weight excluding hydrogens is 382 g/mol. The average Bonchev–Trinajstić information content (AvgIpc) is 3.03. The summed E-state index contributed by atoms with van der Waals surface area (Å²) >= 11 is 6.43. The third-order valence-corrected chi connectivity index (χ3v) is 6.58. The number of nitrogens with zero attached hydrogens (tertiary/aromatic N) is 1. The molecule has 0 unspecified atom stereocenters. The summed E-state index contributed by atoms with van der Waals surface area (Å²) in [4.78, 5) is 2.46. The summed E-state index contributed by atoms with van der Waals surface area (Å²) in [5, 5.41) is 1.46. The topological polar surface area (TPSA) is 25.6 Å². The van der Waals surface area contributed by atoms with Crippen molar-refractivity contribution < 1.29 is 9.15 Å². The van der Waals surface area contributed by atoms with E-state index >= 15 is 0 Å². The number of hydrogen-bond acceptors (Lipinski definition) is 3. The predicted molar refractivity (Wildman–Crippen MR) is 120 cm³/mol. The summed E-state index contributed by atoms with van der Waals surface area (Å²) in [6.45, 7) is 12.0. The van der Waals surface area contributed by atoms with Gasteiger partial charge in [0.2, 0.25) is 0 Å². The van der Waals surface area contributed by atoms with Crippen LogP contribution in [0.15, 0.2) is 34.7 Å². The molecule has 1 saturated heterocycles. The summed E-state index contributed by atoms with van der Waals surface area (Å²) in [7, 11) is 0. The van der Waals surface area contributed by atoms with Gasteiger partial charge in [0.15, 0.2) is 0 Å². The highest BCUT2D eigenvalue weighted by Gasteiger charge is 2.24. The van der Waals surface area contributed by atoms with Crippen LogP contribution in [0, 0.1) is 27.7 Å². The number of alkyl halides is 1. The maximum absolute atomic E-state index is 6.43. The van der Waals surface area contributed by atoms with Crippen molar-refractivity contribution in [2.24, 2.45) is 0 Å². The minimum absolute atomic E-state index is 0.247. The Hall–Kier alpha value is -1.97. The molecular formula is C25H30ClNO2. The number of likely N-dealkylation sites (tertiary alicyclic amines) is 1. The normalized spacial score (nSPS) is 17.8. The molecule has 29 heavy (non-hydrogen) atoms. The molecule has 1 fully saturated rings. The Kier molecular flexibility index (Phi) is 5.89. The van der Waals surface area contributed by atoms with Gasteiger partial charge in [-0.25, -0.2) is 0 Å². The Balaban J connectivity index is 1.71. The first-order chi connectivity index (χ1) is 14.0. The number of fused-ring (bicyclic) bond motifs is 1. The van der Waals surface area contributed by atoms with Crippen LogP contribution in [0.5, 0.6) is 5.75 Å². The Morgan fingerprint density at radius 3 is 2.55 bits per heavy atom. The molecule has 0 N–H and O–H groups in total. The van der Waals surface area contributed by atoms with E-state index in [2.05, 4.69) is 44.7 Å². The minimum atomic E-state index is 0.247. The fourth-order valence-corrected chi connectivity index (χ4v) is 4.83. The average molecular weight is 412 g/mol. The number of furan rings is 1. The van der Waals surface area contributed by atoms with Crippen molar-refractivity contribution in [1.29, 1.82) is 0 Å². The van der Waals surface area contributed by atoms with Crippen LogP contribution < -0.4 is 4.74 Å². The second-order valence-electron chi connectivity index (χ2n) is 8.29. The molecule has 3 aromatic rings. The highest BCUT2D eigenvalue weighted by atomic mass is 35.5. The zero-order chi connectivity index (χ0) is 20.5. The first-order valence-corrected chi connectivity index (χ1v) is 10.9. The van der Waals surface area contributed by atoms with Crippen LogP contribution in [0.25, 0.3) is 11.0 Å². The van der Waals surface area contributed by atoms with E-state index in [1.54, 1.807) is 0 Å². The van der Waals surface area contributed by atoms with Gasteiger partial charge in [-0.3, -0.25) is 4.90 Å². The number of hydrogen-bond donors (Lipinski definition) is 0. The second-order valence-corrected chi connectivity index (χ2v) is 8.91. The van der Waals surface area contributed by atoms with Gasteiger partial charge in [0.25, 0.3) is 0 Å². The molecule has 2 heterocycles. The van der Waals surface area contributed by atoms with E-state index < -0.39 is 0 Å². The molecule has 1 atom stereocenters. The van der Waals surface area contributed by atoms with Gasteiger partial charge in [0, 0.05) is 35.0 Å². The number of benzene rings is 2. The fraction of sp³-hybridized carbons (Fsp3) is 0.440. The molecule has 0 aliphatic carbocycles. The molecule has 4 rings (SSSR count). The lowest BCUT2D eigenvalue weighted by atomic mass is 9.97. The van der Waals surface area contributed by atoms with Crippen LogP contribution >= 0.6 is 11.6 Å². The van der Waals surface area contributed by atoms with E-state index in [1.807, 2.05) is 18.2 Å². The van der Waals surface area contributed by atoms with E-state index in [9.17, 15) is 0 Å². The Morgan fingerprint density at radius 2 is 1.83 bits per heavy atom. The van der Waals surface area contributed by atoms with Crippen LogP contribution in [-0.2, 0) is 13.2 Å². The van der Waals surface area contributed by atoms with Gasteiger partial charge in [0.1, 0.15) is 23.7 Å². The SMILES string of the molecule is Cc1oc2c(C)c(C)c(OCc3ccccc3)c(C)c2c1CN1CCC[C@@H](Cl)C1. The van der Waals surface area contributed by atoms with E-state index in [1.165, 1.54) is 22.1 Å². The maximum Gasteiger partial charge on any atom is 0.138 e. The lowest BCUT2D eigenvalue weighted by molar-refractivity contribution is 0.223. The van der Waals surface area contributed by atoms with Crippen LogP contribution in [0.1, 0.15) is 46.4 Å². The van der Waals surface area contributed by atoms with Crippen molar-refractivity contribution in [2.75, 3.05) is 13.1 Å². The molecule has 1 aliphatic heterocycles. The van der Waals surface area contributed by atoms with Crippen molar-refractivity contribution in [2.45, 2.75) is 59.1 Å². The number of halogens is 1. The number of piperidine rings is 1. The summed E-state index contributed by atoms with van der Waals surface area (Å²) < 4.78 is 12.6. The molecule has 1 aliphatic rings. The van der Waals surface area contributed by atoms with E-state index in [0.29, 0.717) is 6.61 Å². The monoisotopic (exact) mass is 411 g/mol. The molecule has 0 amide bonds. The highest BCUT2D eigenvalue weighted by Crippen LogP contribution is 2.40. The van der Waals surface area contributed by atoms with E-state index in [4.69, 9.17) is 20.8 Å².